The van der Waals surface area contributed by atoms with E-state index >= 15 is 0 Å². The van der Waals surface area contributed by atoms with Crippen LogP contribution in [-0.2, 0) is 11.2 Å². The zero-order valence-corrected chi connectivity index (χ0v) is 16.8. The topological polar surface area (TPSA) is 40.5 Å². The lowest BCUT2D eigenvalue weighted by molar-refractivity contribution is -0.131. The van der Waals surface area contributed by atoms with Gasteiger partial charge in [0, 0.05) is 24.4 Å². The van der Waals surface area contributed by atoms with Crippen LogP contribution in [-0.4, -0.2) is 23.7 Å². The van der Waals surface area contributed by atoms with E-state index in [0.717, 1.165) is 31.0 Å². The van der Waals surface area contributed by atoms with E-state index in [2.05, 4.69) is 30.9 Å². The lowest BCUT2D eigenvalue weighted by atomic mass is 9.95. The molecule has 2 rings (SSSR count). The number of rotatable bonds is 5. The number of halogens is 1. The summed E-state index contributed by atoms with van der Waals surface area (Å²) in [5.41, 5.74) is 4.48. The lowest BCUT2D eigenvalue weighted by Gasteiger charge is -2.33. The van der Waals surface area contributed by atoms with Gasteiger partial charge in [-0.15, -0.1) is 0 Å². The van der Waals surface area contributed by atoms with Gasteiger partial charge in [0.25, 0.3) is 0 Å². The number of hydrogen-bond donors (Lipinski definition) is 1. The Balaban J connectivity index is 2.34. The predicted molar refractivity (Wildman–Crippen MR) is 111 cm³/mol. The van der Waals surface area contributed by atoms with Crippen molar-refractivity contribution < 1.29 is 14.3 Å². The molecule has 1 N–H and O–H groups in total. The zero-order valence-electron chi connectivity index (χ0n) is 16.8. The highest BCUT2D eigenvalue weighted by Gasteiger charge is 2.17. The van der Waals surface area contributed by atoms with Crippen LogP contribution in [0.3, 0.4) is 0 Å². The average molecular weight is 371 g/mol. The maximum Gasteiger partial charge on any atom is 0.328 e. The first kappa shape index (κ1) is 20.9. The van der Waals surface area contributed by atoms with Crippen LogP contribution in [0.15, 0.2) is 47.8 Å². The molecule has 0 radical (unpaired) electrons. The fourth-order valence-electron chi connectivity index (χ4n) is 3.44. The standard InChI is InChI=1S/C23H30FNO2/c1-16(2)25-13-7-5-6-8-20-15-19(10-12-22(20)25)18(4)21(24)11-9-17(3)14-23(26)27/h9-12,14-16H,5-8,13H2,1-4H3,(H,26,27)/b11-9+,17-14+,21-18+. The Hall–Kier alpha value is -2.36. The molecule has 0 aliphatic carbocycles. The summed E-state index contributed by atoms with van der Waals surface area (Å²) < 4.78 is 14.6. The molecule has 0 spiro atoms. The second-order valence-corrected chi connectivity index (χ2v) is 7.47. The van der Waals surface area contributed by atoms with Crippen LogP contribution in [0.5, 0.6) is 0 Å². The van der Waals surface area contributed by atoms with E-state index in [-0.39, 0.29) is 5.83 Å². The van der Waals surface area contributed by atoms with Gasteiger partial charge in [0.05, 0.1) is 0 Å². The van der Waals surface area contributed by atoms with Crippen molar-refractivity contribution in [3.63, 3.8) is 0 Å². The Kier molecular flexibility index (Phi) is 7.40. The van der Waals surface area contributed by atoms with E-state index in [1.165, 1.54) is 36.2 Å². The van der Waals surface area contributed by atoms with E-state index < -0.39 is 5.97 Å². The monoisotopic (exact) mass is 371 g/mol. The molecule has 0 amide bonds. The number of carboxylic acids is 1. The van der Waals surface area contributed by atoms with E-state index in [1.54, 1.807) is 13.8 Å². The maximum atomic E-state index is 14.6. The van der Waals surface area contributed by atoms with Crippen LogP contribution in [0.1, 0.15) is 58.1 Å². The smallest absolute Gasteiger partial charge is 0.328 e. The van der Waals surface area contributed by atoms with E-state index in [0.29, 0.717) is 17.2 Å². The van der Waals surface area contributed by atoms with Gasteiger partial charge in [0.15, 0.2) is 0 Å². The van der Waals surface area contributed by atoms with Crippen molar-refractivity contribution in [2.24, 2.45) is 0 Å². The van der Waals surface area contributed by atoms with Crippen LogP contribution >= 0.6 is 0 Å². The highest BCUT2D eigenvalue weighted by molar-refractivity contribution is 5.81. The summed E-state index contributed by atoms with van der Waals surface area (Å²) in [4.78, 5) is 13.1. The molecule has 4 heteroatoms. The van der Waals surface area contributed by atoms with Gasteiger partial charge in [-0.25, -0.2) is 9.18 Å². The van der Waals surface area contributed by atoms with Crippen molar-refractivity contribution in [1.82, 2.24) is 0 Å². The molecular weight excluding hydrogens is 341 g/mol. The molecule has 0 bridgehead atoms. The minimum Gasteiger partial charge on any atom is -0.478 e. The van der Waals surface area contributed by atoms with Gasteiger partial charge in [-0.05, 0) is 87.4 Å². The second kappa shape index (κ2) is 9.54. The number of nitrogens with zero attached hydrogens (tertiary/aromatic N) is 1. The van der Waals surface area contributed by atoms with Crippen molar-refractivity contribution in [3.05, 3.63) is 59.0 Å². The van der Waals surface area contributed by atoms with Crippen molar-refractivity contribution in [3.8, 4) is 0 Å². The number of carboxylic acid groups (broad SMARTS) is 1. The Bertz CT molecular complexity index is 775. The number of fused-ring (bicyclic) bond motifs is 1. The minimum atomic E-state index is -1.03. The normalized spacial score (nSPS) is 16.8. The summed E-state index contributed by atoms with van der Waals surface area (Å²) in [7, 11) is 0. The van der Waals surface area contributed by atoms with Gasteiger partial charge in [0.2, 0.25) is 0 Å². The van der Waals surface area contributed by atoms with Crippen molar-refractivity contribution in [1.29, 1.82) is 0 Å². The molecule has 1 aromatic carbocycles. The van der Waals surface area contributed by atoms with Gasteiger partial charge in [0.1, 0.15) is 5.83 Å². The predicted octanol–water partition coefficient (Wildman–Crippen LogP) is 5.92. The number of allylic oxidation sites excluding steroid dienone is 5. The molecule has 27 heavy (non-hydrogen) atoms. The molecule has 0 saturated heterocycles. The van der Waals surface area contributed by atoms with Crippen molar-refractivity contribution in [2.45, 2.75) is 59.4 Å². The van der Waals surface area contributed by atoms with Gasteiger partial charge < -0.3 is 10.0 Å². The summed E-state index contributed by atoms with van der Waals surface area (Å²) in [5.74, 6) is -1.38. The summed E-state index contributed by atoms with van der Waals surface area (Å²) in [6.45, 7) is 8.88. The Morgan fingerprint density at radius 1 is 1.19 bits per heavy atom. The van der Waals surface area contributed by atoms with Gasteiger partial charge in [-0.2, -0.15) is 0 Å². The Labute approximate surface area is 161 Å². The summed E-state index contributed by atoms with van der Waals surface area (Å²) in [6.07, 6.45) is 8.48. The largest absolute Gasteiger partial charge is 0.478 e. The molecule has 0 atom stereocenters. The number of anilines is 1. The van der Waals surface area contributed by atoms with Crippen LogP contribution < -0.4 is 4.90 Å². The second-order valence-electron chi connectivity index (χ2n) is 7.47. The maximum absolute atomic E-state index is 14.6. The number of aliphatic carboxylic acids is 1. The molecular formula is C23H30FNO2. The quantitative estimate of drug-likeness (QED) is 0.516. The first-order valence-electron chi connectivity index (χ1n) is 9.65. The fraction of sp³-hybridized carbons (Fsp3) is 0.435. The molecule has 1 aliphatic rings. The van der Waals surface area contributed by atoms with E-state index in [4.69, 9.17) is 5.11 Å². The molecule has 1 aromatic rings. The Morgan fingerprint density at radius 3 is 2.59 bits per heavy atom. The lowest BCUT2D eigenvalue weighted by Crippen LogP contribution is -2.33. The number of hydrogen-bond acceptors (Lipinski definition) is 2. The minimum absolute atomic E-state index is 0.348. The first-order chi connectivity index (χ1) is 12.8. The summed E-state index contributed by atoms with van der Waals surface area (Å²) >= 11 is 0. The molecule has 3 nitrogen and oxygen atoms in total. The van der Waals surface area contributed by atoms with E-state index in [9.17, 15) is 9.18 Å². The molecule has 0 fully saturated rings. The van der Waals surface area contributed by atoms with Crippen molar-refractivity contribution in [2.75, 3.05) is 11.4 Å². The number of aryl methyl sites for hydroxylation is 1. The van der Waals surface area contributed by atoms with Crippen LogP contribution in [0, 0.1) is 0 Å². The van der Waals surface area contributed by atoms with Gasteiger partial charge >= 0.3 is 5.97 Å². The average Bonchev–Trinajstić information content (AvgIpc) is 2.58. The molecule has 0 aromatic heterocycles. The molecule has 0 saturated carbocycles. The van der Waals surface area contributed by atoms with Crippen LogP contribution in [0.2, 0.25) is 0 Å². The van der Waals surface area contributed by atoms with Crippen LogP contribution in [0.25, 0.3) is 5.57 Å². The third-order valence-electron chi connectivity index (χ3n) is 4.99. The first-order valence-corrected chi connectivity index (χ1v) is 9.65. The molecule has 1 aliphatic heterocycles. The Morgan fingerprint density at radius 2 is 1.93 bits per heavy atom. The third-order valence-corrected chi connectivity index (χ3v) is 4.99. The molecule has 0 unspecified atom stereocenters. The number of carbonyl (C=O) groups is 1. The van der Waals surface area contributed by atoms with Crippen molar-refractivity contribution >= 4 is 17.2 Å². The highest BCUT2D eigenvalue weighted by atomic mass is 19.1. The van der Waals surface area contributed by atoms with E-state index in [1.807, 2.05) is 6.07 Å². The SMILES string of the molecule is CC(/C=C/C(F)=C(/C)c1ccc2c(c1)CCCCCN2C(C)C)=C\C(=O)O. The molecule has 146 valence electrons. The summed E-state index contributed by atoms with van der Waals surface area (Å²) in [6, 6.07) is 6.65. The van der Waals surface area contributed by atoms with Gasteiger partial charge in [-0.3, -0.25) is 0 Å². The number of benzene rings is 1. The zero-order chi connectivity index (χ0) is 20.0. The summed E-state index contributed by atoms with van der Waals surface area (Å²) in [5, 5.41) is 8.73. The fourth-order valence-corrected chi connectivity index (χ4v) is 3.44. The molecule has 1 heterocycles. The van der Waals surface area contributed by atoms with Gasteiger partial charge in [-0.1, -0.05) is 18.6 Å². The third kappa shape index (κ3) is 5.81. The van der Waals surface area contributed by atoms with Crippen LogP contribution in [0.4, 0.5) is 10.1 Å². The highest BCUT2D eigenvalue weighted by Crippen LogP contribution is 2.31.